The lowest BCUT2D eigenvalue weighted by atomic mass is 10.2. The molecule has 0 saturated carbocycles. The van der Waals surface area contributed by atoms with Crippen molar-refractivity contribution in [2.75, 3.05) is 7.11 Å². The molecule has 0 radical (unpaired) electrons. The molecule has 3 nitrogen and oxygen atoms in total. The van der Waals surface area contributed by atoms with Crippen LogP contribution in [0.5, 0.6) is 11.5 Å². The molecule has 2 rings (SSSR count). The van der Waals surface area contributed by atoms with Crippen molar-refractivity contribution < 1.29 is 18.7 Å². The summed E-state index contributed by atoms with van der Waals surface area (Å²) in [4.78, 5) is 11.0. The second-order valence-electron chi connectivity index (χ2n) is 3.98. The maximum absolute atomic E-state index is 12.8. The maximum atomic E-state index is 12.8. The fraction of sp³-hybridized carbons (Fsp3) is 0.0625. The molecule has 0 aliphatic carbocycles. The molecule has 0 spiro atoms. The number of carbonyl (C=O) groups is 1. The average Bonchev–Trinajstić information content (AvgIpc) is 2.48. The van der Waals surface area contributed by atoms with E-state index in [-0.39, 0.29) is 5.82 Å². The third-order valence-corrected chi connectivity index (χ3v) is 2.54. The van der Waals surface area contributed by atoms with Gasteiger partial charge in [0.15, 0.2) is 0 Å². The van der Waals surface area contributed by atoms with Crippen LogP contribution in [0.3, 0.4) is 0 Å². The number of rotatable bonds is 4. The van der Waals surface area contributed by atoms with Crippen molar-refractivity contribution in [2.45, 2.75) is 0 Å². The molecule has 0 bridgehead atoms. The quantitative estimate of drug-likeness (QED) is 0.627. The van der Waals surface area contributed by atoms with Crippen molar-refractivity contribution in [2.24, 2.45) is 0 Å². The summed E-state index contributed by atoms with van der Waals surface area (Å²) in [5, 5.41) is 0. The normalized spacial score (nSPS) is 10.5. The van der Waals surface area contributed by atoms with E-state index in [4.69, 9.17) is 4.74 Å². The smallest absolute Gasteiger partial charge is 0.330 e. The summed E-state index contributed by atoms with van der Waals surface area (Å²) in [6.45, 7) is 0. The van der Waals surface area contributed by atoms with Gasteiger partial charge in [0.2, 0.25) is 0 Å². The highest BCUT2D eigenvalue weighted by Gasteiger charge is 1.98. The van der Waals surface area contributed by atoms with Crippen LogP contribution in [0.15, 0.2) is 54.6 Å². The second-order valence-corrected chi connectivity index (χ2v) is 3.98. The minimum atomic E-state index is -0.406. The number of methoxy groups -OCH3 is 1. The van der Waals surface area contributed by atoms with E-state index in [0.29, 0.717) is 11.5 Å². The molecule has 0 saturated heterocycles. The minimum absolute atomic E-state index is 0.305. The molecule has 0 aliphatic rings. The Bertz CT molecular complexity index is 601. The van der Waals surface area contributed by atoms with Gasteiger partial charge in [-0.25, -0.2) is 9.18 Å². The van der Waals surface area contributed by atoms with Crippen molar-refractivity contribution in [1.29, 1.82) is 0 Å². The lowest BCUT2D eigenvalue weighted by Crippen LogP contribution is -1.93. The highest BCUT2D eigenvalue weighted by atomic mass is 19.1. The van der Waals surface area contributed by atoms with Crippen LogP contribution in [0.25, 0.3) is 6.08 Å². The third-order valence-electron chi connectivity index (χ3n) is 2.54. The van der Waals surface area contributed by atoms with Crippen molar-refractivity contribution >= 4 is 12.0 Å². The summed E-state index contributed by atoms with van der Waals surface area (Å²) in [7, 11) is 1.33. The van der Waals surface area contributed by atoms with Gasteiger partial charge in [-0.1, -0.05) is 12.1 Å². The average molecular weight is 272 g/mol. The lowest BCUT2D eigenvalue weighted by molar-refractivity contribution is -0.134. The molecular weight excluding hydrogens is 259 g/mol. The first-order valence-corrected chi connectivity index (χ1v) is 5.97. The predicted octanol–water partition coefficient (Wildman–Crippen LogP) is 3.80. The van der Waals surface area contributed by atoms with Crippen LogP contribution in [0.2, 0.25) is 0 Å². The summed E-state index contributed by atoms with van der Waals surface area (Å²) in [6.07, 6.45) is 2.99. The van der Waals surface area contributed by atoms with E-state index in [1.165, 1.54) is 25.3 Å². The molecule has 0 N–H and O–H groups in total. The SMILES string of the molecule is COC(=O)/C=C/c1ccc(Oc2ccc(F)cc2)cc1. The molecule has 0 amide bonds. The summed E-state index contributed by atoms with van der Waals surface area (Å²) in [5.74, 6) is 0.480. The van der Waals surface area contributed by atoms with E-state index in [2.05, 4.69) is 4.74 Å². The van der Waals surface area contributed by atoms with E-state index in [9.17, 15) is 9.18 Å². The Morgan fingerprint density at radius 3 is 2.10 bits per heavy atom. The summed E-state index contributed by atoms with van der Waals surface area (Å²) in [5.41, 5.74) is 0.849. The van der Waals surface area contributed by atoms with Gasteiger partial charge >= 0.3 is 5.97 Å². The Morgan fingerprint density at radius 1 is 1.00 bits per heavy atom. The number of ether oxygens (including phenoxy) is 2. The van der Waals surface area contributed by atoms with Crippen LogP contribution >= 0.6 is 0 Å². The van der Waals surface area contributed by atoms with Crippen LogP contribution in [-0.2, 0) is 9.53 Å². The van der Waals surface area contributed by atoms with E-state index in [1.54, 1.807) is 42.5 Å². The van der Waals surface area contributed by atoms with Gasteiger partial charge in [0.1, 0.15) is 17.3 Å². The molecule has 2 aromatic carbocycles. The second kappa shape index (κ2) is 6.52. The molecule has 0 atom stereocenters. The molecule has 0 unspecified atom stereocenters. The molecule has 0 heterocycles. The van der Waals surface area contributed by atoms with Crippen molar-refractivity contribution in [3.05, 3.63) is 66.0 Å². The van der Waals surface area contributed by atoms with Crippen molar-refractivity contribution in [3.63, 3.8) is 0 Å². The zero-order valence-electron chi connectivity index (χ0n) is 10.9. The molecule has 102 valence electrons. The summed E-state index contributed by atoms with van der Waals surface area (Å²) in [6, 6.07) is 12.9. The van der Waals surface area contributed by atoms with Gasteiger partial charge in [0, 0.05) is 6.08 Å². The van der Waals surface area contributed by atoms with Crippen molar-refractivity contribution in [1.82, 2.24) is 0 Å². The Labute approximate surface area is 116 Å². The van der Waals surface area contributed by atoms with Crippen LogP contribution in [0.4, 0.5) is 4.39 Å². The third kappa shape index (κ3) is 3.95. The minimum Gasteiger partial charge on any atom is -0.466 e. The molecule has 2 aromatic rings. The number of benzene rings is 2. The Hall–Kier alpha value is -2.62. The number of hydrogen-bond donors (Lipinski definition) is 0. The standard InChI is InChI=1S/C16H13FO3/c1-19-16(18)11-4-12-2-7-14(8-3-12)20-15-9-5-13(17)6-10-15/h2-11H,1H3/b11-4+. The molecule has 0 aliphatic heterocycles. The fourth-order valence-electron chi connectivity index (χ4n) is 1.52. The van der Waals surface area contributed by atoms with Crippen LogP contribution in [-0.4, -0.2) is 13.1 Å². The van der Waals surface area contributed by atoms with Gasteiger partial charge in [0.05, 0.1) is 7.11 Å². The van der Waals surface area contributed by atoms with Gasteiger partial charge in [-0.05, 0) is 48.0 Å². The fourth-order valence-corrected chi connectivity index (χ4v) is 1.52. The number of halogens is 1. The summed E-state index contributed by atoms with van der Waals surface area (Å²) < 4.78 is 22.8. The lowest BCUT2D eigenvalue weighted by Gasteiger charge is -2.05. The molecule has 0 aromatic heterocycles. The molecule has 4 heteroatoms. The first-order valence-electron chi connectivity index (χ1n) is 5.97. The first kappa shape index (κ1) is 13.8. The summed E-state index contributed by atoms with van der Waals surface area (Å²) >= 11 is 0. The first-order chi connectivity index (χ1) is 9.67. The predicted molar refractivity (Wildman–Crippen MR) is 74.0 cm³/mol. The zero-order valence-corrected chi connectivity index (χ0v) is 10.9. The van der Waals surface area contributed by atoms with Gasteiger partial charge in [0.25, 0.3) is 0 Å². The maximum Gasteiger partial charge on any atom is 0.330 e. The monoisotopic (exact) mass is 272 g/mol. The Kier molecular flexibility index (Phi) is 4.50. The zero-order chi connectivity index (χ0) is 14.4. The molecule has 0 fully saturated rings. The molecular formula is C16H13FO3. The number of hydrogen-bond acceptors (Lipinski definition) is 3. The van der Waals surface area contributed by atoms with Crippen LogP contribution < -0.4 is 4.74 Å². The van der Waals surface area contributed by atoms with Gasteiger partial charge < -0.3 is 9.47 Å². The number of carbonyl (C=O) groups excluding carboxylic acids is 1. The number of esters is 1. The van der Waals surface area contributed by atoms with E-state index < -0.39 is 5.97 Å². The van der Waals surface area contributed by atoms with Crippen molar-refractivity contribution in [3.8, 4) is 11.5 Å². The van der Waals surface area contributed by atoms with Crippen LogP contribution in [0, 0.1) is 5.82 Å². The van der Waals surface area contributed by atoms with Gasteiger partial charge in [-0.2, -0.15) is 0 Å². The van der Waals surface area contributed by atoms with E-state index in [0.717, 1.165) is 5.56 Å². The Balaban J connectivity index is 2.03. The Morgan fingerprint density at radius 2 is 1.55 bits per heavy atom. The highest BCUT2D eigenvalue weighted by molar-refractivity contribution is 5.86. The topological polar surface area (TPSA) is 35.5 Å². The van der Waals surface area contributed by atoms with Gasteiger partial charge in [-0.15, -0.1) is 0 Å². The highest BCUT2D eigenvalue weighted by Crippen LogP contribution is 2.22. The molecule has 20 heavy (non-hydrogen) atoms. The largest absolute Gasteiger partial charge is 0.466 e. The van der Waals surface area contributed by atoms with E-state index in [1.807, 2.05) is 0 Å². The van der Waals surface area contributed by atoms with Crippen LogP contribution in [0.1, 0.15) is 5.56 Å². The van der Waals surface area contributed by atoms with E-state index >= 15 is 0 Å². The van der Waals surface area contributed by atoms with Gasteiger partial charge in [-0.3, -0.25) is 0 Å².